The number of carbonyl (C=O) groups is 1. The average Bonchev–Trinajstić information content (AvgIpc) is 2.89. The van der Waals surface area contributed by atoms with Crippen LogP contribution in [0.4, 0.5) is 18.9 Å². The number of halogens is 3. The molecule has 2 rings (SSSR count). The zero-order valence-electron chi connectivity index (χ0n) is 11.3. The van der Waals surface area contributed by atoms with E-state index in [1.165, 1.54) is 6.07 Å². The molecule has 0 spiro atoms. The van der Waals surface area contributed by atoms with Crippen LogP contribution in [0.2, 0.25) is 0 Å². The molecule has 1 saturated carbocycles. The highest BCUT2D eigenvalue weighted by Crippen LogP contribution is 2.33. The fraction of sp³-hybridized carbons (Fsp3) is 0.500. The normalized spacial score (nSPS) is 21.6. The van der Waals surface area contributed by atoms with Crippen molar-refractivity contribution in [1.29, 1.82) is 0 Å². The number of carbonyl (C=O) groups excluding carboxylic acids is 1. The summed E-state index contributed by atoms with van der Waals surface area (Å²) in [7, 11) is 0. The molecule has 4 nitrogen and oxygen atoms in total. The molecule has 0 unspecified atom stereocenters. The number of rotatable bonds is 5. The van der Waals surface area contributed by atoms with Crippen LogP contribution in [0.3, 0.4) is 0 Å². The van der Waals surface area contributed by atoms with Gasteiger partial charge >= 0.3 is 6.61 Å². The van der Waals surface area contributed by atoms with E-state index >= 15 is 0 Å². The summed E-state index contributed by atoms with van der Waals surface area (Å²) in [6.45, 7) is -2.69. The molecular formula is C14H17F3N2O2. The Bertz CT molecular complexity index is 511. The Morgan fingerprint density at radius 3 is 2.86 bits per heavy atom. The van der Waals surface area contributed by atoms with E-state index in [9.17, 15) is 18.0 Å². The highest BCUT2D eigenvalue weighted by molar-refractivity contribution is 5.94. The number of nitrogens with one attached hydrogen (secondary N) is 1. The van der Waals surface area contributed by atoms with Gasteiger partial charge in [-0.05, 0) is 37.4 Å². The third-order valence-electron chi connectivity index (χ3n) is 3.72. The van der Waals surface area contributed by atoms with Gasteiger partial charge in [-0.25, -0.2) is 4.39 Å². The maximum atomic E-state index is 13.1. The molecule has 0 heterocycles. The summed E-state index contributed by atoms with van der Waals surface area (Å²) < 4.78 is 42.0. The number of hydrogen-bond acceptors (Lipinski definition) is 3. The molecule has 116 valence electrons. The number of hydrogen-bond donors (Lipinski definition) is 2. The minimum Gasteiger partial charge on any atom is -0.432 e. The van der Waals surface area contributed by atoms with Gasteiger partial charge in [0.1, 0.15) is 5.82 Å². The molecule has 0 radical (unpaired) electrons. The molecule has 2 atom stereocenters. The molecule has 21 heavy (non-hydrogen) atoms. The second-order valence-corrected chi connectivity index (χ2v) is 5.04. The summed E-state index contributed by atoms with van der Waals surface area (Å²) in [5.41, 5.74) is 5.65. The first kappa shape index (κ1) is 15.6. The van der Waals surface area contributed by atoms with E-state index in [0.29, 0.717) is 13.0 Å². The van der Waals surface area contributed by atoms with Crippen LogP contribution in [0.25, 0.3) is 0 Å². The van der Waals surface area contributed by atoms with Gasteiger partial charge in [-0.2, -0.15) is 8.78 Å². The first-order chi connectivity index (χ1) is 10.0. The van der Waals surface area contributed by atoms with Gasteiger partial charge in [0.15, 0.2) is 5.75 Å². The molecule has 0 aromatic heterocycles. The monoisotopic (exact) mass is 302 g/mol. The van der Waals surface area contributed by atoms with Crippen molar-refractivity contribution in [2.24, 2.45) is 17.6 Å². The van der Waals surface area contributed by atoms with Crippen molar-refractivity contribution in [1.82, 2.24) is 0 Å². The minimum atomic E-state index is -3.09. The van der Waals surface area contributed by atoms with Crippen molar-refractivity contribution < 1.29 is 22.7 Å². The maximum Gasteiger partial charge on any atom is 0.387 e. The number of benzene rings is 1. The molecule has 1 aliphatic carbocycles. The van der Waals surface area contributed by atoms with Gasteiger partial charge in [-0.15, -0.1) is 0 Å². The van der Waals surface area contributed by atoms with Gasteiger partial charge in [0.05, 0.1) is 5.69 Å². The summed E-state index contributed by atoms with van der Waals surface area (Å²) in [5, 5.41) is 2.53. The Morgan fingerprint density at radius 2 is 2.19 bits per heavy atom. The summed E-state index contributed by atoms with van der Waals surface area (Å²) in [6.07, 6.45) is 2.49. The first-order valence-corrected chi connectivity index (χ1v) is 6.76. The van der Waals surface area contributed by atoms with Gasteiger partial charge in [-0.3, -0.25) is 4.79 Å². The molecule has 1 amide bonds. The summed E-state index contributed by atoms with van der Waals surface area (Å²) >= 11 is 0. The van der Waals surface area contributed by atoms with Crippen LogP contribution in [0.5, 0.6) is 5.75 Å². The molecule has 0 saturated heterocycles. The second-order valence-electron chi connectivity index (χ2n) is 5.04. The lowest BCUT2D eigenvalue weighted by atomic mass is 9.95. The van der Waals surface area contributed by atoms with Crippen molar-refractivity contribution in [2.75, 3.05) is 11.9 Å². The lowest BCUT2D eigenvalue weighted by Gasteiger charge is -2.18. The van der Waals surface area contributed by atoms with Crippen LogP contribution in [0.15, 0.2) is 18.2 Å². The van der Waals surface area contributed by atoms with E-state index in [0.717, 1.165) is 25.0 Å². The summed E-state index contributed by atoms with van der Waals surface area (Å²) in [6, 6.07) is 3.09. The van der Waals surface area contributed by atoms with Crippen LogP contribution in [0, 0.1) is 17.7 Å². The van der Waals surface area contributed by atoms with Gasteiger partial charge in [0.2, 0.25) is 5.91 Å². The molecule has 1 aliphatic rings. The molecule has 0 bridgehead atoms. The van der Waals surface area contributed by atoms with Crippen molar-refractivity contribution in [3.05, 3.63) is 24.0 Å². The van der Waals surface area contributed by atoms with Crippen molar-refractivity contribution in [2.45, 2.75) is 25.9 Å². The largest absolute Gasteiger partial charge is 0.432 e. The third kappa shape index (κ3) is 3.87. The van der Waals surface area contributed by atoms with Gasteiger partial charge in [-0.1, -0.05) is 6.42 Å². The Kier molecular flexibility index (Phi) is 5.06. The zero-order valence-corrected chi connectivity index (χ0v) is 11.3. The predicted molar refractivity (Wildman–Crippen MR) is 71.5 cm³/mol. The smallest absolute Gasteiger partial charge is 0.387 e. The molecule has 1 aromatic carbocycles. The van der Waals surface area contributed by atoms with Gasteiger partial charge in [0, 0.05) is 12.0 Å². The minimum absolute atomic E-state index is 0.0318. The first-order valence-electron chi connectivity index (χ1n) is 6.76. The van der Waals surface area contributed by atoms with Crippen molar-refractivity contribution in [3.8, 4) is 5.75 Å². The van der Waals surface area contributed by atoms with Crippen LogP contribution < -0.4 is 15.8 Å². The Balaban J connectivity index is 2.13. The number of alkyl halides is 2. The standard InChI is InChI=1S/C14H17F3N2O2/c15-9-4-5-11(12(6-9)21-14(16)17)19-13(20)10-3-1-2-8(10)7-18/h4-6,8,10,14H,1-3,7,18H2,(H,19,20)/t8-,10-/m1/s1. The highest BCUT2D eigenvalue weighted by atomic mass is 19.3. The van der Waals surface area contributed by atoms with Crippen LogP contribution in [0.1, 0.15) is 19.3 Å². The maximum absolute atomic E-state index is 13.1. The van der Waals surface area contributed by atoms with Crippen LogP contribution >= 0.6 is 0 Å². The lowest BCUT2D eigenvalue weighted by molar-refractivity contribution is -0.120. The molecule has 3 N–H and O–H groups in total. The van der Waals surface area contributed by atoms with Crippen LogP contribution in [-0.2, 0) is 4.79 Å². The van der Waals surface area contributed by atoms with E-state index in [1.54, 1.807) is 0 Å². The number of anilines is 1. The fourth-order valence-corrected chi connectivity index (χ4v) is 2.68. The van der Waals surface area contributed by atoms with E-state index in [4.69, 9.17) is 5.73 Å². The Labute approximate surface area is 120 Å². The predicted octanol–water partition coefficient (Wildman–Crippen LogP) is 2.74. The van der Waals surface area contributed by atoms with E-state index in [2.05, 4.69) is 10.1 Å². The van der Waals surface area contributed by atoms with Gasteiger partial charge < -0.3 is 15.8 Å². The summed E-state index contributed by atoms with van der Waals surface area (Å²) in [4.78, 5) is 12.2. The third-order valence-corrected chi connectivity index (χ3v) is 3.72. The lowest BCUT2D eigenvalue weighted by Crippen LogP contribution is -2.30. The second kappa shape index (κ2) is 6.80. The van der Waals surface area contributed by atoms with E-state index in [-0.39, 0.29) is 29.2 Å². The number of amides is 1. The molecule has 7 heteroatoms. The number of nitrogens with two attached hydrogens (primary N) is 1. The molecule has 1 aromatic rings. The van der Waals surface area contributed by atoms with Crippen molar-refractivity contribution in [3.63, 3.8) is 0 Å². The quantitative estimate of drug-likeness (QED) is 0.879. The van der Waals surface area contributed by atoms with Crippen LogP contribution in [-0.4, -0.2) is 19.1 Å². The van der Waals surface area contributed by atoms with E-state index < -0.39 is 12.4 Å². The van der Waals surface area contributed by atoms with E-state index in [1.807, 2.05) is 0 Å². The topological polar surface area (TPSA) is 64.4 Å². The van der Waals surface area contributed by atoms with Crippen molar-refractivity contribution >= 4 is 11.6 Å². The highest BCUT2D eigenvalue weighted by Gasteiger charge is 2.32. The molecule has 0 aliphatic heterocycles. The SMILES string of the molecule is NC[C@H]1CCC[C@H]1C(=O)Nc1ccc(F)cc1OC(F)F. The summed E-state index contributed by atoms with van der Waals surface area (Å²) in [5.74, 6) is -1.57. The Hall–Kier alpha value is -1.76. The zero-order chi connectivity index (χ0) is 15.4. The molecule has 1 fully saturated rings. The number of ether oxygens (including phenoxy) is 1. The Morgan fingerprint density at radius 1 is 1.43 bits per heavy atom. The average molecular weight is 302 g/mol. The molecular weight excluding hydrogens is 285 g/mol. The van der Waals surface area contributed by atoms with Gasteiger partial charge in [0.25, 0.3) is 0 Å². The fourth-order valence-electron chi connectivity index (χ4n) is 2.68.